The molecular weight excluding hydrogens is 479 g/mol. The van der Waals surface area contributed by atoms with Gasteiger partial charge in [0.05, 0.1) is 6.42 Å². The normalized spacial score (nSPS) is 12.1. The van der Waals surface area contributed by atoms with Crippen LogP contribution in [0, 0.1) is 0 Å². The number of esters is 1. The standard InChI is InChI=1S/C26H42O7S.Na.H/c1-2-3-4-5-6-7-8-9-10-11-12-13-14-15-18-22-19-16-17-20-23(22)33-26(29)24(21-25(27)28)34(30,31)32;;/h16-17,19-20,24H,2-15,18,21H2,1H3,(H,27,28)(H,30,31,32);;. The zero-order valence-corrected chi connectivity index (χ0v) is 21.4. The van der Waals surface area contributed by atoms with Crippen molar-refractivity contribution in [2.75, 3.05) is 0 Å². The van der Waals surface area contributed by atoms with E-state index in [1.165, 1.54) is 70.6 Å². The van der Waals surface area contributed by atoms with Crippen molar-refractivity contribution in [3.05, 3.63) is 29.8 Å². The summed E-state index contributed by atoms with van der Waals surface area (Å²) >= 11 is 0. The topological polar surface area (TPSA) is 118 Å². The van der Waals surface area contributed by atoms with Crippen molar-refractivity contribution in [1.29, 1.82) is 0 Å². The molecule has 0 saturated heterocycles. The predicted octanol–water partition coefficient (Wildman–Crippen LogP) is 5.70. The summed E-state index contributed by atoms with van der Waals surface area (Å²) in [4.78, 5) is 23.1. The Balaban J connectivity index is 0.0000116. The van der Waals surface area contributed by atoms with Gasteiger partial charge in [0.25, 0.3) is 10.1 Å². The summed E-state index contributed by atoms with van der Waals surface area (Å²) < 4.78 is 37.1. The van der Waals surface area contributed by atoms with Crippen LogP contribution in [0.4, 0.5) is 0 Å². The SMILES string of the molecule is CCCCCCCCCCCCCCCCc1ccccc1OC(=O)C(CC(=O)O)S(=O)(=O)O.[NaH]. The van der Waals surface area contributed by atoms with Gasteiger partial charge >= 0.3 is 41.5 Å². The van der Waals surface area contributed by atoms with E-state index in [1.54, 1.807) is 24.3 Å². The Bertz CT molecular complexity index is 827. The van der Waals surface area contributed by atoms with Gasteiger partial charge in [-0.05, 0) is 24.5 Å². The zero-order chi connectivity index (χ0) is 25.2. The second kappa shape index (κ2) is 20.2. The first-order valence-corrected chi connectivity index (χ1v) is 14.2. The molecule has 0 aliphatic rings. The maximum atomic E-state index is 12.2. The van der Waals surface area contributed by atoms with Gasteiger partial charge in [0.1, 0.15) is 5.75 Å². The van der Waals surface area contributed by atoms with Crippen LogP contribution >= 0.6 is 0 Å². The monoisotopic (exact) mass is 522 g/mol. The van der Waals surface area contributed by atoms with E-state index in [-0.39, 0.29) is 35.3 Å². The third-order valence-electron chi connectivity index (χ3n) is 5.97. The number of unbranched alkanes of at least 4 members (excludes halogenated alkanes) is 13. The molecule has 196 valence electrons. The Morgan fingerprint density at radius 2 is 1.29 bits per heavy atom. The molecule has 7 nitrogen and oxygen atoms in total. The van der Waals surface area contributed by atoms with Crippen molar-refractivity contribution in [3.8, 4) is 5.75 Å². The van der Waals surface area contributed by atoms with Crippen LogP contribution in [0.2, 0.25) is 0 Å². The summed E-state index contributed by atoms with van der Waals surface area (Å²) in [6.45, 7) is 2.24. The van der Waals surface area contributed by atoms with Gasteiger partial charge < -0.3 is 9.84 Å². The fraction of sp³-hybridized carbons (Fsp3) is 0.692. The summed E-state index contributed by atoms with van der Waals surface area (Å²) in [5.41, 5.74) is 0.749. The summed E-state index contributed by atoms with van der Waals surface area (Å²) in [6.07, 6.45) is 17.2. The molecule has 1 aromatic rings. The molecule has 0 fully saturated rings. The minimum absolute atomic E-state index is 0. The number of rotatable bonds is 20. The molecule has 0 bridgehead atoms. The maximum absolute atomic E-state index is 12.2. The Morgan fingerprint density at radius 1 is 0.829 bits per heavy atom. The van der Waals surface area contributed by atoms with E-state index in [4.69, 9.17) is 9.84 Å². The Hall–Kier alpha value is -0.930. The molecule has 2 N–H and O–H groups in total. The molecule has 0 aliphatic carbocycles. The van der Waals surface area contributed by atoms with Gasteiger partial charge in [-0.25, -0.2) is 0 Å². The number of carbonyl (C=O) groups is 2. The van der Waals surface area contributed by atoms with E-state index in [2.05, 4.69) is 6.92 Å². The van der Waals surface area contributed by atoms with E-state index in [0.29, 0.717) is 6.42 Å². The molecule has 0 aromatic heterocycles. The fourth-order valence-electron chi connectivity index (χ4n) is 3.96. The third kappa shape index (κ3) is 16.4. The number of carboxylic acid groups (broad SMARTS) is 1. The van der Waals surface area contributed by atoms with Crippen LogP contribution in [0.1, 0.15) is 109 Å². The zero-order valence-electron chi connectivity index (χ0n) is 20.5. The molecule has 9 heteroatoms. The first-order valence-electron chi connectivity index (χ1n) is 12.7. The van der Waals surface area contributed by atoms with Crippen molar-refractivity contribution in [2.45, 2.75) is 115 Å². The number of carboxylic acids is 1. The van der Waals surface area contributed by atoms with Gasteiger partial charge in [-0.15, -0.1) is 0 Å². The number of hydrogen-bond donors (Lipinski definition) is 2. The van der Waals surface area contributed by atoms with Crippen LogP contribution in [0.5, 0.6) is 5.75 Å². The van der Waals surface area contributed by atoms with Crippen molar-refractivity contribution in [2.24, 2.45) is 0 Å². The van der Waals surface area contributed by atoms with E-state index in [1.807, 2.05) is 0 Å². The molecule has 0 aliphatic heterocycles. The second-order valence-corrected chi connectivity index (χ2v) is 10.6. The number of aliphatic carboxylic acids is 1. The molecule has 0 radical (unpaired) electrons. The van der Waals surface area contributed by atoms with Crippen LogP contribution in [0.25, 0.3) is 0 Å². The summed E-state index contributed by atoms with van der Waals surface area (Å²) in [5, 5.41) is 6.67. The molecule has 1 atom stereocenters. The molecule has 0 heterocycles. The number of hydrogen-bond acceptors (Lipinski definition) is 5. The average molecular weight is 523 g/mol. The van der Waals surface area contributed by atoms with Crippen molar-refractivity contribution < 1.29 is 32.4 Å². The summed E-state index contributed by atoms with van der Waals surface area (Å²) in [5.74, 6) is -2.62. The van der Waals surface area contributed by atoms with Gasteiger partial charge in [0, 0.05) is 0 Å². The van der Waals surface area contributed by atoms with Crippen LogP contribution < -0.4 is 4.74 Å². The van der Waals surface area contributed by atoms with Crippen LogP contribution in [-0.2, 0) is 26.1 Å². The third-order valence-corrected chi connectivity index (χ3v) is 7.04. The van der Waals surface area contributed by atoms with Crippen LogP contribution in [-0.4, -0.2) is 64.8 Å². The van der Waals surface area contributed by atoms with Gasteiger partial charge in [0.15, 0.2) is 5.25 Å². The molecule has 0 spiro atoms. The Morgan fingerprint density at radius 3 is 1.74 bits per heavy atom. The van der Waals surface area contributed by atoms with Crippen LogP contribution in [0.15, 0.2) is 24.3 Å². The molecular formula is C26H43NaO7S. The molecule has 0 saturated carbocycles. The van der Waals surface area contributed by atoms with E-state index < -0.39 is 33.7 Å². The van der Waals surface area contributed by atoms with Crippen LogP contribution in [0.3, 0.4) is 0 Å². The Labute approximate surface area is 233 Å². The molecule has 35 heavy (non-hydrogen) atoms. The summed E-state index contributed by atoms with van der Waals surface area (Å²) in [6, 6.07) is 6.79. The first kappa shape index (κ1) is 34.1. The van der Waals surface area contributed by atoms with Gasteiger partial charge in [-0.1, -0.05) is 109 Å². The van der Waals surface area contributed by atoms with E-state index in [9.17, 15) is 22.6 Å². The first-order chi connectivity index (χ1) is 16.3. The van der Waals surface area contributed by atoms with Crippen molar-refractivity contribution in [1.82, 2.24) is 0 Å². The van der Waals surface area contributed by atoms with E-state index >= 15 is 0 Å². The quantitative estimate of drug-likeness (QED) is 0.0741. The van der Waals surface area contributed by atoms with Crippen molar-refractivity contribution in [3.63, 3.8) is 0 Å². The Kier molecular flexibility index (Phi) is 19.6. The molecule has 1 rings (SSSR count). The van der Waals surface area contributed by atoms with Gasteiger partial charge in [-0.3, -0.25) is 14.1 Å². The van der Waals surface area contributed by atoms with Gasteiger partial charge in [0.2, 0.25) is 0 Å². The fourth-order valence-corrected chi connectivity index (χ4v) is 4.61. The molecule has 1 aromatic carbocycles. The number of ether oxygens (including phenoxy) is 1. The second-order valence-electron chi connectivity index (χ2n) is 8.98. The number of benzene rings is 1. The number of aryl methyl sites for hydroxylation is 1. The molecule has 1 unspecified atom stereocenters. The average Bonchev–Trinajstić information content (AvgIpc) is 2.77. The van der Waals surface area contributed by atoms with E-state index in [0.717, 1.165) is 24.8 Å². The van der Waals surface area contributed by atoms with Gasteiger partial charge in [-0.2, -0.15) is 8.42 Å². The number of carbonyl (C=O) groups excluding carboxylic acids is 1. The minimum atomic E-state index is -4.89. The summed E-state index contributed by atoms with van der Waals surface area (Å²) in [7, 11) is -4.89. The molecule has 0 amide bonds. The number of para-hydroxylation sites is 1. The van der Waals surface area contributed by atoms with Crippen molar-refractivity contribution >= 4 is 51.6 Å². The predicted molar refractivity (Wildman–Crippen MR) is 141 cm³/mol.